The number of rotatable bonds is 1. The summed E-state index contributed by atoms with van der Waals surface area (Å²) in [6, 6.07) is 15.1. The number of nitrogens with zero attached hydrogens (tertiary/aromatic N) is 2. The van der Waals surface area contributed by atoms with Gasteiger partial charge in [0.05, 0.1) is 23.4 Å². The van der Waals surface area contributed by atoms with Crippen molar-refractivity contribution in [1.29, 1.82) is 0 Å². The third-order valence-electron chi connectivity index (χ3n) is 4.27. The number of benzene rings is 2. The number of nitrogens with two attached hydrogens (primary N) is 1. The molecule has 1 unspecified atom stereocenters. The SMILES string of the molecule is Nc1ccc2c(c1)ncn2C1CCCc2ccccc21. The van der Waals surface area contributed by atoms with Crippen molar-refractivity contribution in [2.45, 2.75) is 25.3 Å². The zero-order valence-corrected chi connectivity index (χ0v) is 11.3. The van der Waals surface area contributed by atoms with E-state index in [9.17, 15) is 0 Å². The first-order chi connectivity index (χ1) is 9.83. The molecule has 0 radical (unpaired) electrons. The van der Waals surface area contributed by atoms with Gasteiger partial charge >= 0.3 is 0 Å². The van der Waals surface area contributed by atoms with Crippen LogP contribution in [0.1, 0.15) is 30.0 Å². The molecular weight excluding hydrogens is 246 g/mol. The van der Waals surface area contributed by atoms with Crippen molar-refractivity contribution in [3.63, 3.8) is 0 Å². The van der Waals surface area contributed by atoms with Crippen LogP contribution in [0.4, 0.5) is 5.69 Å². The van der Waals surface area contributed by atoms with Gasteiger partial charge in [0.15, 0.2) is 0 Å². The maximum Gasteiger partial charge on any atom is 0.0964 e. The molecule has 0 amide bonds. The van der Waals surface area contributed by atoms with Gasteiger partial charge in [0, 0.05) is 5.69 Å². The van der Waals surface area contributed by atoms with Gasteiger partial charge in [-0.25, -0.2) is 4.98 Å². The summed E-state index contributed by atoms with van der Waals surface area (Å²) in [6.07, 6.45) is 5.55. The summed E-state index contributed by atoms with van der Waals surface area (Å²) in [5.74, 6) is 0. The summed E-state index contributed by atoms with van der Waals surface area (Å²) in [4.78, 5) is 4.51. The lowest BCUT2D eigenvalue weighted by Gasteiger charge is -2.27. The van der Waals surface area contributed by atoms with Crippen LogP contribution in [0.5, 0.6) is 0 Å². The van der Waals surface area contributed by atoms with Crippen molar-refractivity contribution in [2.75, 3.05) is 5.73 Å². The molecule has 1 aromatic heterocycles. The zero-order valence-electron chi connectivity index (χ0n) is 11.3. The number of nitrogen functional groups attached to an aromatic ring is 1. The van der Waals surface area contributed by atoms with Crippen LogP contribution in [0.2, 0.25) is 0 Å². The smallest absolute Gasteiger partial charge is 0.0964 e. The van der Waals surface area contributed by atoms with Crippen molar-refractivity contribution < 1.29 is 0 Å². The summed E-state index contributed by atoms with van der Waals surface area (Å²) in [5.41, 5.74) is 11.7. The van der Waals surface area contributed by atoms with Crippen molar-refractivity contribution in [3.05, 3.63) is 59.9 Å². The Balaban J connectivity index is 1.88. The summed E-state index contributed by atoms with van der Waals surface area (Å²) >= 11 is 0. The van der Waals surface area contributed by atoms with Crippen LogP contribution in [0.25, 0.3) is 11.0 Å². The third kappa shape index (κ3) is 1.70. The van der Waals surface area contributed by atoms with E-state index < -0.39 is 0 Å². The van der Waals surface area contributed by atoms with Crippen LogP contribution in [0.3, 0.4) is 0 Å². The summed E-state index contributed by atoms with van der Waals surface area (Å²) in [7, 11) is 0. The number of hydrogen-bond acceptors (Lipinski definition) is 2. The van der Waals surface area contributed by atoms with Crippen molar-refractivity contribution >= 4 is 16.7 Å². The Morgan fingerprint density at radius 3 is 3.00 bits per heavy atom. The lowest BCUT2D eigenvalue weighted by Crippen LogP contribution is -2.16. The average Bonchev–Trinajstić information content (AvgIpc) is 2.89. The molecule has 0 saturated heterocycles. The molecule has 1 heterocycles. The minimum Gasteiger partial charge on any atom is -0.399 e. The van der Waals surface area contributed by atoms with E-state index in [1.54, 1.807) is 0 Å². The number of aryl methyl sites for hydroxylation is 1. The predicted octanol–water partition coefficient (Wildman–Crippen LogP) is 3.54. The largest absolute Gasteiger partial charge is 0.399 e. The van der Waals surface area contributed by atoms with Crippen LogP contribution in [0.15, 0.2) is 48.8 Å². The van der Waals surface area contributed by atoms with Crippen LogP contribution in [0, 0.1) is 0 Å². The van der Waals surface area contributed by atoms with Gasteiger partial charge in [0.25, 0.3) is 0 Å². The minimum atomic E-state index is 0.397. The van der Waals surface area contributed by atoms with E-state index in [4.69, 9.17) is 5.73 Å². The van der Waals surface area contributed by atoms with Crippen molar-refractivity contribution in [3.8, 4) is 0 Å². The van der Waals surface area contributed by atoms with Gasteiger partial charge in [-0.15, -0.1) is 0 Å². The van der Waals surface area contributed by atoms with Gasteiger partial charge < -0.3 is 10.3 Å². The molecule has 3 aromatic rings. The Kier molecular flexibility index (Phi) is 2.52. The molecule has 0 bridgehead atoms. The van der Waals surface area contributed by atoms with Crippen molar-refractivity contribution in [2.24, 2.45) is 0 Å². The fourth-order valence-electron chi connectivity index (χ4n) is 3.31. The standard InChI is InChI=1S/C17H17N3/c18-13-8-9-17-15(10-13)19-11-20(17)16-7-3-5-12-4-1-2-6-14(12)16/h1-2,4,6,8-11,16H,3,5,7,18H2. The summed E-state index contributed by atoms with van der Waals surface area (Å²) in [5, 5.41) is 0. The molecule has 3 nitrogen and oxygen atoms in total. The monoisotopic (exact) mass is 263 g/mol. The molecular formula is C17H17N3. The Morgan fingerprint density at radius 2 is 2.05 bits per heavy atom. The second kappa shape index (κ2) is 4.37. The van der Waals surface area contributed by atoms with Crippen LogP contribution in [-0.4, -0.2) is 9.55 Å². The van der Waals surface area contributed by atoms with E-state index in [0.29, 0.717) is 6.04 Å². The molecule has 0 aliphatic heterocycles. The number of imidazole rings is 1. The van der Waals surface area contributed by atoms with E-state index in [0.717, 1.165) is 11.2 Å². The Labute approximate surface area is 118 Å². The molecule has 2 N–H and O–H groups in total. The lowest BCUT2D eigenvalue weighted by atomic mass is 9.87. The van der Waals surface area contributed by atoms with E-state index in [-0.39, 0.29) is 0 Å². The highest BCUT2D eigenvalue weighted by Crippen LogP contribution is 2.34. The van der Waals surface area contributed by atoms with Gasteiger partial charge in [-0.3, -0.25) is 0 Å². The minimum absolute atomic E-state index is 0.397. The van der Waals surface area contributed by atoms with Crippen LogP contribution >= 0.6 is 0 Å². The molecule has 1 aliphatic rings. The van der Waals surface area contributed by atoms with E-state index in [2.05, 4.69) is 39.9 Å². The average molecular weight is 263 g/mol. The molecule has 100 valence electrons. The van der Waals surface area contributed by atoms with Gasteiger partial charge in [0.2, 0.25) is 0 Å². The first-order valence-electron chi connectivity index (χ1n) is 7.13. The summed E-state index contributed by atoms with van der Waals surface area (Å²) in [6.45, 7) is 0. The first kappa shape index (κ1) is 11.5. The highest BCUT2D eigenvalue weighted by molar-refractivity contribution is 5.79. The summed E-state index contributed by atoms with van der Waals surface area (Å²) < 4.78 is 2.30. The van der Waals surface area contributed by atoms with Gasteiger partial charge in [-0.1, -0.05) is 24.3 Å². The fraction of sp³-hybridized carbons (Fsp3) is 0.235. The Bertz CT molecular complexity index is 773. The third-order valence-corrected chi connectivity index (χ3v) is 4.27. The maximum atomic E-state index is 5.84. The molecule has 2 aromatic carbocycles. The molecule has 3 heteroatoms. The topological polar surface area (TPSA) is 43.8 Å². The van der Waals surface area contributed by atoms with Crippen LogP contribution in [-0.2, 0) is 6.42 Å². The van der Waals surface area contributed by atoms with Gasteiger partial charge in [0.1, 0.15) is 0 Å². The normalized spacial score (nSPS) is 18.1. The van der Waals surface area contributed by atoms with Crippen molar-refractivity contribution in [1.82, 2.24) is 9.55 Å². The number of hydrogen-bond donors (Lipinski definition) is 1. The van der Waals surface area contributed by atoms with Crippen LogP contribution < -0.4 is 5.73 Å². The first-order valence-corrected chi connectivity index (χ1v) is 7.13. The predicted molar refractivity (Wildman–Crippen MR) is 81.7 cm³/mol. The Morgan fingerprint density at radius 1 is 1.15 bits per heavy atom. The fourth-order valence-corrected chi connectivity index (χ4v) is 3.31. The number of anilines is 1. The van der Waals surface area contributed by atoms with E-state index in [1.165, 1.54) is 35.9 Å². The molecule has 20 heavy (non-hydrogen) atoms. The highest BCUT2D eigenvalue weighted by Gasteiger charge is 2.22. The molecule has 0 fully saturated rings. The Hall–Kier alpha value is -2.29. The van der Waals surface area contributed by atoms with E-state index >= 15 is 0 Å². The molecule has 1 atom stereocenters. The van der Waals surface area contributed by atoms with Gasteiger partial charge in [-0.2, -0.15) is 0 Å². The maximum absolute atomic E-state index is 5.84. The molecule has 4 rings (SSSR count). The zero-order chi connectivity index (χ0) is 13.5. The number of fused-ring (bicyclic) bond motifs is 2. The lowest BCUT2D eigenvalue weighted by molar-refractivity contribution is 0.499. The number of aromatic nitrogens is 2. The van der Waals surface area contributed by atoms with E-state index in [1.807, 2.05) is 18.5 Å². The molecule has 0 saturated carbocycles. The molecule has 1 aliphatic carbocycles. The quantitative estimate of drug-likeness (QED) is 0.682. The second-order valence-electron chi connectivity index (χ2n) is 5.51. The molecule has 0 spiro atoms. The second-order valence-corrected chi connectivity index (χ2v) is 5.51. The highest BCUT2D eigenvalue weighted by atomic mass is 15.1. The van der Waals surface area contributed by atoms with Gasteiger partial charge in [-0.05, 0) is 48.6 Å².